The fraction of sp³-hybridized carbons (Fsp3) is 0.889. The average Bonchev–Trinajstić information content (AvgIpc) is 1.85. The molecule has 11 heavy (non-hydrogen) atoms. The molecule has 0 saturated heterocycles. The van der Waals surface area contributed by atoms with Gasteiger partial charge in [0, 0.05) is 0 Å². The van der Waals surface area contributed by atoms with Gasteiger partial charge in [0.05, 0.1) is 6.04 Å². The van der Waals surface area contributed by atoms with Gasteiger partial charge < -0.3 is 5.32 Å². The third-order valence-electron chi connectivity index (χ3n) is 1.04. The van der Waals surface area contributed by atoms with E-state index in [0.29, 0.717) is 0 Å². The number of carbonyl (C=O) groups is 1. The van der Waals surface area contributed by atoms with Crippen molar-refractivity contribution in [2.24, 2.45) is 5.92 Å². The van der Waals surface area contributed by atoms with Gasteiger partial charge in [-0.2, -0.15) is 0 Å². The maximum atomic E-state index is 10.3. The molecule has 0 amide bonds. The molecule has 0 aromatic heterocycles. The summed E-state index contributed by atoms with van der Waals surface area (Å²) in [6, 6.07) is 0.0139. The second-order valence-corrected chi connectivity index (χ2v) is 3.35. The first-order chi connectivity index (χ1) is 4.91. The smallest absolute Gasteiger partial charge is 0.146 e. The maximum Gasteiger partial charge on any atom is 0.146 e. The van der Waals surface area contributed by atoms with Crippen LogP contribution in [0.4, 0.5) is 0 Å². The van der Waals surface area contributed by atoms with Crippen LogP contribution >= 0.6 is 0 Å². The lowest BCUT2D eigenvalue weighted by molar-refractivity contribution is -0.118. The molecular weight excluding hydrogens is 138 g/mol. The number of nitrogens with one attached hydrogen (secondary N) is 1. The van der Waals surface area contributed by atoms with Crippen LogP contribution in [0.5, 0.6) is 0 Å². The molecule has 0 rings (SSSR count). The van der Waals surface area contributed by atoms with Crippen molar-refractivity contribution in [1.82, 2.24) is 5.32 Å². The molecule has 0 saturated carbocycles. The number of Topliss-reactive ketones (excluding diaryl/α,β-unsaturated/α-hetero) is 1. The fourth-order valence-corrected chi connectivity index (χ4v) is 0.203. The molecule has 0 aromatic rings. The normalized spacial score (nSPS) is 11.9. The molecule has 2 heteroatoms. The predicted octanol–water partition coefficient (Wildman–Crippen LogP) is 1.85. The lowest BCUT2D eigenvalue weighted by Gasteiger charge is -2.01. The molecule has 0 fully saturated rings. The second kappa shape index (κ2) is 7.73. The highest BCUT2D eigenvalue weighted by atomic mass is 16.1. The van der Waals surface area contributed by atoms with Gasteiger partial charge in [0.1, 0.15) is 5.78 Å². The van der Waals surface area contributed by atoms with Crippen molar-refractivity contribution >= 4 is 5.78 Å². The summed E-state index contributed by atoms with van der Waals surface area (Å²) < 4.78 is 0. The first kappa shape index (κ1) is 13.2. The van der Waals surface area contributed by atoms with Gasteiger partial charge in [0.2, 0.25) is 0 Å². The monoisotopic (exact) mass is 159 g/mol. The topological polar surface area (TPSA) is 29.1 Å². The van der Waals surface area contributed by atoms with Crippen molar-refractivity contribution in [2.45, 2.75) is 40.7 Å². The number of rotatable bonds is 2. The van der Waals surface area contributed by atoms with Crippen LogP contribution in [0.1, 0.15) is 34.6 Å². The summed E-state index contributed by atoms with van der Waals surface area (Å²) >= 11 is 0. The molecule has 0 radical (unpaired) electrons. The molecule has 1 atom stereocenters. The second-order valence-electron chi connectivity index (χ2n) is 3.35. The Balaban J connectivity index is 0. The van der Waals surface area contributed by atoms with Gasteiger partial charge in [0.25, 0.3) is 0 Å². The van der Waals surface area contributed by atoms with E-state index in [1.165, 1.54) is 0 Å². The van der Waals surface area contributed by atoms with Crippen LogP contribution < -0.4 is 5.32 Å². The number of hydrogen-bond donors (Lipinski definition) is 1. The van der Waals surface area contributed by atoms with Crippen molar-refractivity contribution in [2.75, 3.05) is 7.05 Å². The number of ketones is 1. The Labute approximate surface area is 70.4 Å². The number of carbonyl (C=O) groups excluding carboxylic acids is 1. The molecule has 0 heterocycles. The Morgan fingerprint density at radius 3 is 1.45 bits per heavy atom. The Kier molecular flexibility index (Phi) is 9.31. The quantitative estimate of drug-likeness (QED) is 0.666. The highest BCUT2D eigenvalue weighted by molar-refractivity contribution is 5.80. The summed E-state index contributed by atoms with van der Waals surface area (Å²) in [5.41, 5.74) is 0. The van der Waals surface area contributed by atoms with E-state index in [1.807, 2.05) is 6.92 Å². The van der Waals surface area contributed by atoms with Crippen LogP contribution in [0, 0.1) is 5.92 Å². The zero-order valence-corrected chi connectivity index (χ0v) is 8.56. The van der Waals surface area contributed by atoms with E-state index in [0.717, 1.165) is 5.92 Å². The van der Waals surface area contributed by atoms with E-state index in [-0.39, 0.29) is 11.8 Å². The Bertz CT molecular complexity index is 97.0. The highest BCUT2D eigenvalue weighted by Gasteiger charge is 2.00. The number of hydrogen-bond acceptors (Lipinski definition) is 2. The SMILES string of the molecule is CC(C)C.CNC(C)C(C)=O. The first-order valence-corrected chi connectivity index (χ1v) is 4.09. The zero-order chi connectivity index (χ0) is 9.44. The van der Waals surface area contributed by atoms with E-state index < -0.39 is 0 Å². The van der Waals surface area contributed by atoms with Gasteiger partial charge in [-0.1, -0.05) is 20.8 Å². The van der Waals surface area contributed by atoms with Crippen LogP contribution in [0.2, 0.25) is 0 Å². The molecule has 0 aromatic carbocycles. The van der Waals surface area contributed by atoms with Gasteiger partial charge >= 0.3 is 0 Å². The predicted molar refractivity (Wildman–Crippen MR) is 49.7 cm³/mol. The van der Waals surface area contributed by atoms with Crippen molar-refractivity contribution in [3.8, 4) is 0 Å². The fourth-order valence-electron chi connectivity index (χ4n) is 0.203. The standard InChI is InChI=1S/C5H11NO.C4H10/c1-4(6-3)5(2)7;1-4(2)3/h4,6H,1-3H3;4H,1-3H3. The van der Waals surface area contributed by atoms with Crippen LogP contribution in [0.3, 0.4) is 0 Å². The van der Waals surface area contributed by atoms with Gasteiger partial charge in [-0.25, -0.2) is 0 Å². The molecule has 0 aliphatic rings. The van der Waals surface area contributed by atoms with Gasteiger partial charge in [-0.15, -0.1) is 0 Å². The largest absolute Gasteiger partial charge is 0.311 e. The van der Waals surface area contributed by atoms with Gasteiger partial charge in [0.15, 0.2) is 0 Å². The molecule has 1 unspecified atom stereocenters. The molecule has 0 bridgehead atoms. The third-order valence-corrected chi connectivity index (χ3v) is 1.04. The first-order valence-electron chi connectivity index (χ1n) is 4.09. The average molecular weight is 159 g/mol. The molecule has 68 valence electrons. The van der Waals surface area contributed by atoms with E-state index in [9.17, 15) is 4.79 Å². The lowest BCUT2D eigenvalue weighted by Crippen LogP contribution is -2.28. The van der Waals surface area contributed by atoms with E-state index in [1.54, 1.807) is 14.0 Å². The Morgan fingerprint density at radius 1 is 1.18 bits per heavy atom. The zero-order valence-electron chi connectivity index (χ0n) is 8.56. The summed E-state index contributed by atoms with van der Waals surface area (Å²) in [6.45, 7) is 9.91. The Hall–Kier alpha value is -0.370. The summed E-state index contributed by atoms with van der Waals surface area (Å²) in [5, 5.41) is 2.81. The minimum atomic E-state index is 0.0139. The van der Waals surface area contributed by atoms with Crippen LogP contribution in [-0.4, -0.2) is 18.9 Å². The molecule has 2 nitrogen and oxygen atoms in total. The summed E-state index contributed by atoms with van der Waals surface area (Å²) in [4.78, 5) is 10.3. The molecule has 0 aliphatic heterocycles. The minimum Gasteiger partial charge on any atom is -0.311 e. The highest BCUT2D eigenvalue weighted by Crippen LogP contribution is 1.81. The van der Waals surface area contributed by atoms with Crippen LogP contribution in [0.25, 0.3) is 0 Å². The third kappa shape index (κ3) is 17.7. The summed E-state index contributed by atoms with van der Waals surface area (Å²) in [7, 11) is 1.77. The van der Waals surface area contributed by atoms with Crippen molar-refractivity contribution in [1.29, 1.82) is 0 Å². The maximum absolute atomic E-state index is 10.3. The van der Waals surface area contributed by atoms with E-state index >= 15 is 0 Å². The van der Waals surface area contributed by atoms with Crippen molar-refractivity contribution in [3.05, 3.63) is 0 Å². The van der Waals surface area contributed by atoms with E-state index in [2.05, 4.69) is 26.1 Å². The van der Waals surface area contributed by atoms with Crippen molar-refractivity contribution < 1.29 is 4.79 Å². The summed E-state index contributed by atoms with van der Waals surface area (Å²) in [5.74, 6) is 1.02. The van der Waals surface area contributed by atoms with Crippen LogP contribution in [0.15, 0.2) is 0 Å². The summed E-state index contributed by atoms with van der Waals surface area (Å²) in [6.07, 6.45) is 0. The van der Waals surface area contributed by atoms with Crippen LogP contribution in [-0.2, 0) is 4.79 Å². The lowest BCUT2D eigenvalue weighted by atomic mass is 10.2. The van der Waals surface area contributed by atoms with E-state index in [4.69, 9.17) is 0 Å². The molecule has 1 N–H and O–H groups in total. The number of likely N-dealkylation sites (N-methyl/N-ethyl adjacent to an activating group) is 1. The molecule has 0 spiro atoms. The van der Waals surface area contributed by atoms with Crippen molar-refractivity contribution in [3.63, 3.8) is 0 Å². The molecule has 0 aliphatic carbocycles. The minimum absolute atomic E-state index is 0.0139. The van der Waals surface area contributed by atoms with Gasteiger partial charge in [-0.05, 0) is 26.8 Å². The Morgan fingerprint density at radius 2 is 1.45 bits per heavy atom. The molecular formula is C9H21NO. The van der Waals surface area contributed by atoms with Gasteiger partial charge in [-0.3, -0.25) is 4.79 Å².